The van der Waals surface area contributed by atoms with Gasteiger partial charge in [0.05, 0.1) is 40.0 Å². The molecule has 5 rings (SSSR count). The highest BCUT2D eigenvalue weighted by Crippen LogP contribution is 2.37. The Bertz CT molecular complexity index is 1370. The maximum atomic E-state index is 14.3. The van der Waals surface area contributed by atoms with Gasteiger partial charge in [-0.3, -0.25) is 4.79 Å². The van der Waals surface area contributed by atoms with Gasteiger partial charge in [-0.2, -0.15) is 0 Å². The van der Waals surface area contributed by atoms with Gasteiger partial charge in [-0.1, -0.05) is 33.1 Å². The molecule has 44 heavy (non-hydrogen) atoms. The van der Waals surface area contributed by atoms with Crippen LogP contribution in [0, 0.1) is 11.3 Å². The summed E-state index contributed by atoms with van der Waals surface area (Å²) in [7, 11) is 4.49. The van der Waals surface area contributed by atoms with E-state index in [-0.39, 0.29) is 36.8 Å². The molecule has 1 saturated heterocycles. The number of cyclic esters (lactones) is 1. The molecule has 0 radical (unpaired) electrons. The largest absolute Gasteiger partial charge is 0.496 e. The van der Waals surface area contributed by atoms with Crippen molar-refractivity contribution in [3.63, 3.8) is 0 Å². The minimum Gasteiger partial charge on any atom is -0.496 e. The van der Waals surface area contributed by atoms with E-state index in [4.69, 9.17) is 23.7 Å². The molecule has 3 heterocycles. The van der Waals surface area contributed by atoms with E-state index in [1.54, 1.807) is 20.3 Å². The van der Waals surface area contributed by atoms with Crippen LogP contribution in [0.15, 0.2) is 18.2 Å². The van der Waals surface area contributed by atoms with Gasteiger partial charge in [-0.05, 0) is 55.1 Å². The van der Waals surface area contributed by atoms with Crippen LogP contribution in [0.3, 0.4) is 0 Å². The molecule has 11 heteroatoms. The van der Waals surface area contributed by atoms with Gasteiger partial charge in [-0.15, -0.1) is 0 Å². The molecule has 0 unspecified atom stereocenters. The molecule has 1 N–H and O–H groups in total. The van der Waals surface area contributed by atoms with Gasteiger partial charge < -0.3 is 33.9 Å². The first-order chi connectivity index (χ1) is 21.1. The Balaban J connectivity index is 1.56. The Morgan fingerprint density at radius 1 is 1.05 bits per heavy atom. The number of hydrogen-bond donors (Lipinski definition) is 1. The van der Waals surface area contributed by atoms with Crippen molar-refractivity contribution in [2.75, 3.05) is 34.5 Å². The summed E-state index contributed by atoms with van der Waals surface area (Å²) >= 11 is 0. The van der Waals surface area contributed by atoms with Gasteiger partial charge in [-0.25, -0.2) is 14.6 Å². The Labute approximate surface area is 258 Å². The lowest BCUT2D eigenvalue weighted by Gasteiger charge is -2.34. The number of hydrogen-bond acceptors (Lipinski definition) is 9. The number of pyridine rings is 1. The van der Waals surface area contributed by atoms with E-state index < -0.39 is 30.3 Å². The van der Waals surface area contributed by atoms with Crippen LogP contribution in [-0.2, 0) is 25.5 Å². The number of aromatic nitrogens is 1. The maximum Gasteiger partial charge on any atom is 0.407 e. The molecule has 1 aromatic heterocycles. The number of amides is 2. The summed E-state index contributed by atoms with van der Waals surface area (Å²) in [6.45, 7) is 4.49. The molecule has 2 aromatic rings. The summed E-state index contributed by atoms with van der Waals surface area (Å²) in [5.74, 6) is 0.741. The molecule has 3 aliphatic rings. The van der Waals surface area contributed by atoms with Gasteiger partial charge in [0.25, 0.3) is 0 Å². The average molecular weight is 612 g/mol. The van der Waals surface area contributed by atoms with Crippen molar-refractivity contribution in [2.24, 2.45) is 11.3 Å². The fourth-order valence-corrected chi connectivity index (χ4v) is 6.78. The molecule has 11 nitrogen and oxygen atoms in total. The Hall–Kier alpha value is -3.76. The molecular weight excluding hydrogens is 566 g/mol. The smallest absolute Gasteiger partial charge is 0.407 e. The number of aryl methyl sites for hydroxylation is 1. The predicted molar refractivity (Wildman–Crippen MR) is 163 cm³/mol. The lowest BCUT2D eigenvalue weighted by atomic mass is 9.83. The number of rotatable bonds is 4. The SMILES string of the molecule is COC(=O)[C@@H]1C[C@@H]2CN1C(=O)[C@H](C1CCCCC1)NC(=O)OCC(C)(C)CCCc1cc3c(cc(OC)nc3cc1OC)O2. The quantitative estimate of drug-likeness (QED) is 0.485. The number of methoxy groups -OCH3 is 3. The molecule has 4 bridgehead atoms. The van der Waals surface area contributed by atoms with Gasteiger partial charge in [0, 0.05) is 23.9 Å². The zero-order valence-corrected chi connectivity index (χ0v) is 26.5. The summed E-state index contributed by atoms with van der Waals surface area (Å²) < 4.78 is 28.6. The van der Waals surface area contributed by atoms with Gasteiger partial charge in [0.1, 0.15) is 29.7 Å². The average Bonchev–Trinajstić information content (AvgIpc) is 3.45. The van der Waals surface area contributed by atoms with Crippen LogP contribution >= 0.6 is 0 Å². The monoisotopic (exact) mass is 611 g/mol. The van der Waals surface area contributed by atoms with Crippen LogP contribution in [0.2, 0.25) is 0 Å². The van der Waals surface area contributed by atoms with E-state index in [0.717, 1.165) is 62.3 Å². The Morgan fingerprint density at radius 3 is 2.52 bits per heavy atom. The third-order valence-electron chi connectivity index (χ3n) is 9.23. The Kier molecular flexibility index (Phi) is 9.70. The second-order valence-corrected chi connectivity index (χ2v) is 13.0. The number of ether oxygens (including phenoxy) is 5. The summed E-state index contributed by atoms with van der Waals surface area (Å²) in [4.78, 5) is 46.6. The van der Waals surface area contributed by atoms with Crippen molar-refractivity contribution in [3.8, 4) is 17.4 Å². The zero-order valence-electron chi connectivity index (χ0n) is 26.5. The number of alkyl carbamates (subject to hydrolysis) is 1. The fraction of sp³-hybridized carbons (Fsp3) is 0.636. The molecule has 2 amide bonds. The molecule has 0 spiro atoms. The normalized spacial score (nSPS) is 24.9. The summed E-state index contributed by atoms with van der Waals surface area (Å²) in [6, 6.07) is 3.99. The van der Waals surface area contributed by atoms with Crippen LogP contribution < -0.4 is 19.5 Å². The van der Waals surface area contributed by atoms with Crippen LogP contribution in [0.25, 0.3) is 10.9 Å². The lowest BCUT2D eigenvalue weighted by molar-refractivity contribution is -0.152. The number of benzene rings is 1. The van der Waals surface area contributed by atoms with Crippen molar-refractivity contribution in [3.05, 3.63) is 23.8 Å². The minimum atomic E-state index is -0.854. The molecule has 2 aliphatic heterocycles. The van der Waals surface area contributed by atoms with Crippen molar-refractivity contribution >= 4 is 28.9 Å². The van der Waals surface area contributed by atoms with Gasteiger partial charge in [0.15, 0.2) is 0 Å². The van der Waals surface area contributed by atoms with E-state index in [1.165, 1.54) is 12.0 Å². The lowest BCUT2D eigenvalue weighted by Crippen LogP contribution is -2.55. The van der Waals surface area contributed by atoms with E-state index in [9.17, 15) is 14.4 Å². The van der Waals surface area contributed by atoms with E-state index >= 15 is 0 Å². The first-order valence-corrected chi connectivity index (χ1v) is 15.7. The summed E-state index contributed by atoms with van der Waals surface area (Å²) in [5.41, 5.74) is 1.36. The number of fused-ring (bicyclic) bond motifs is 3. The fourth-order valence-electron chi connectivity index (χ4n) is 6.78. The van der Waals surface area contributed by atoms with Crippen molar-refractivity contribution in [1.29, 1.82) is 0 Å². The number of esters is 1. The highest BCUT2D eigenvalue weighted by Gasteiger charge is 2.45. The molecule has 1 aliphatic carbocycles. The first-order valence-electron chi connectivity index (χ1n) is 15.7. The summed E-state index contributed by atoms with van der Waals surface area (Å²) in [6.07, 6.45) is 6.16. The predicted octanol–water partition coefficient (Wildman–Crippen LogP) is 4.81. The topological polar surface area (TPSA) is 126 Å². The highest BCUT2D eigenvalue weighted by molar-refractivity contribution is 5.91. The second-order valence-electron chi connectivity index (χ2n) is 13.0. The first kappa shape index (κ1) is 31.7. The highest BCUT2D eigenvalue weighted by atomic mass is 16.6. The summed E-state index contributed by atoms with van der Waals surface area (Å²) in [5, 5.41) is 3.69. The standard InChI is InChI=1S/C33H45N3O8/c1-33(2)13-9-12-21-14-23-24(16-26(21)40-3)34-28(41-4)17-27(23)44-22-15-25(31(38)42-5)36(18-22)30(37)29(35-32(39)43-19-33)20-10-7-6-8-11-20/h14,16-17,20,22,25,29H,6-13,15,18-19H2,1-5H3,(H,35,39)/t22-,25+,29+/m1/s1. The van der Waals surface area contributed by atoms with Crippen molar-refractivity contribution in [2.45, 2.75) is 89.8 Å². The minimum absolute atomic E-state index is 0.0533. The van der Waals surface area contributed by atoms with Crippen molar-refractivity contribution < 1.29 is 38.1 Å². The van der Waals surface area contributed by atoms with Gasteiger partial charge in [0.2, 0.25) is 11.8 Å². The Morgan fingerprint density at radius 2 is 1.82 bits per heavy atom. The number of nitrogens with one attached hydrogen (secondary N) is 1. The molecule has 3 atom stereocenters. The number of nitrogens with zero attached hydrogens (tertiary/aromatic N) is 2. The van der Waals surface area contributed by atoms with E-state index in [2.05, 4.69) is 24.1 Å². The van der Waals surface area contributed by atoms with E-state index in [0.29, 0.717) is 22.9 Å². The third kappa shape index (κ3) is 6.97. The molecule has 2 fully saturated rings. The van der Waals surface area contributed by atoms with E-state index in [1.807, 2.05) is 12.1 Å². The van der Waals surface area contributed by atoms with Crippen LogP contribution in [0.1, 0.15) is 70.8 Å². The molecular formula is C33H45N3O8. The number of carbonyl (C=O) groups excluding carboxylic acids is 3. The number of carbonyl (C=O) groups is 3. The van der Waals surface area contributed by atoms with Crippen LogP contribution in [0.5, 0.6) is 17.4 Å². The van der Waals surface area contributed by atoms with Crippen LogP contribution in [-0.4, -0.2) is 80.5 Å². The van der Waals surface area contributed by atoms with Gasteiger partial charge >= 0.3 is 12.1 Å². The molecule has 1 saturated carbocycles. The zero-order chi connectivity index (χ0) is 31.4. The van der Waals surface area contributed by atoms with Crippen molar-refractivity contribution in [1.82, 2.24) is 15.2 Å². The molecule has 1 aromatic carbocycles. The third-order valence-corrected chi connectivity index (χ3v) is 9.23. The second kappa shape index (κ2) is 13.5. The van der Waals surface area contributed by atoms with Crippen LogP contribution in [0.4, 0.5) is 4.79 Å². The maximum absolute atomic E-state index is 14.3. The molecule has 240 valence electrons.